The van der Waals surface area contributed by atoms with Gasteiger partial charge in [0.15, 0.2) is 0 Å². The van der Waals surface area contributed by atoms with E-state index in [1.807, 2.05) is 42.5 Å². The molecule has 1 aromatic heterocycles. The highest BCUT2D eigenvalue weighted by Gasteiger charge is 2.26. The number of aryl methyl sites for hydroxylation is 1. The van der Waals surface area contributed by atoms with Gasteiger partial charge in [-0.3, -0.25) is 9.36 Å². The fourth-order valence-corrected chi connectivity index (χ4v) is 5.32. The van der Waals surface area contributed by atoms with E-state index in [9.17, 15) is 10.1 Å². The van der Waals surface area contributed by atoms with Crippen molar-refractivity contribution >= 4 is 10.8 Å². The molecule has 34 heavy (non-hydrogen) atoms. The maximum Gasteiger partial charge on any atom is 0.260 e. The molecule has 1 unspecified atom stereocenters. The molecule has 3 aromatic carbocycles. The van der Waals surface area contributed by atoms with Gasteiger partial charge < -0.3 is 10.5 Å². The van der Waals surface area contributed by atoms with Crippen LogP contribution in [-0.4, -0.2) is 18.2 Å². The Balaban J connectivity index is 1.88. The van der Waals surface area contributed by atoms with Crippen molar-refractivity contribution in [2.75, 3.05) is 13.7 Å². The second-order valence-electron chi connectivity index (χ2n) is 8.73. The number of rotatable bonds is 5. The molecule has 5 rings (SSSR count). The fraction of sp³-hybridized carbons (Fsp3) is 0.241. The molecule has 0 bridgehead atoms. The monoisotopic (exact) mass is 449 g/mol. The lowest BCUT2D eigenvalue weighted by atomic mass is 9.85. The van der Waals surface area contributed by atoms with Crippen molar-refractivity contribution in [3.8, 4) is 22.9 Å². The average Bonchev–Trinajstić information content (AvgIpc) is 2.90. The molecule has 1 atom stereocenters. The van der Waals surface area contributed by atoms with Gasteiger partial charge in [-0.2, -0.15) is 5.26 Å². The minimum Gasteiger partial charge on any atom is -0.497 e. The van der Waals surface area contributed by atoms with Gasteiger partial charge >= 0.3 is 0 Å². The highest BCUT2D eigenvalue weighted by atomic mass is 16.5. The van der Waals surface area contributed by atoms with Gasteiger partial charge in [0.05, 0.1) is 13.2 Å². The molecule has 4 aromatic rings. The molecule has 1 heterocycles. The van der Waals surface area contributed by atoms with Crippen molar-refractivity contribution in [3.05, 3.63) is 99.5 Å². The number of nitrogens with two attached hydrogens (primary N) is 1. The fourth-order valence-electron chi connectivity index (χ4n) is 5.32. The molecule has 0 aliphatic heterocycles. The summed E-state index contributed by atoms with van der Waals surface area (Å²) in [6.07, 6.45) is 4.29. The number of hydrogen-bond donors (Lipinski definition) is 1. The van der Waals surface area contributed by atoms with E-state index in [0.29, 0.717) is 22.2 Å². The van der Waals surface area contributed by atoms with Gasteiger partial charge in [0, 0.05) is 22.9 Å². The first-order valence-corrected chi connectivity index (χ1v) is 11.7. The van der Waals surface area contributed by atoms with Crippen LogP contribution in [0.5, 0.6) is 5.75 Å². The van der Waals surface area contributed by atoms with Crippen LogP contribution in [0, 0.1) is 11.3 Å². The summed E-state index contributed by atoms with van der Waals surface area (Å²) in [7, 11) is 1.60. The van der Waals surface area contributed by atoms with E-state index in [-0.39, 0.29) is 12.1 Å². The summed E-state index contributed by atoms with van der Waals surface area (Å²) >= 11 is 0. The molecule has 1 aliphatic rings. The van der Waals surface area contributed by atoms with E-state index in [2.05, 4.69) is 18.2 Å². The van der Waals surface area contributed by atoms with E-state index in [4.69, 9.17) is 10.5 Å². The van der Waals surface area contributed by atoms with Crippen LogP contribution in [0.2, 0.25) is 0 Å². The highest BCUT2D eigenvalue weighted by molar-refractivity contribution is 5.99. The predicted octanol–water partition coefficient (Wildman–Crippen LogP) is 4.98. The Morgan fingerprint density at radius 3 is 2.56 bits per heavy atom. The van der Waals surface area contributed by atoms with E-state index in [1.54, 1.807) is 23.8 Å². The number of nitrogens with zero attached hydrogens (tertiary/aromatic N) is 2. The van der Waals surface area contributed by atoms with Crippen LogP contribution < -0.4 is 16.0 Å². The maximum absolute atomic E-state index is 13.9. The molecule has 0 amide bonds. The summed E-state index contributed by atoms with van der Waals surface area (Å²) in [5.41, 5.74) is 11.7. The summed E-state index contributed by atoms with van der Waals surface area (Å²) < 4.78 is 7.07. The Kier molecular flexibility index (Phi) is 5.91. The first-order chi connectivity index (χ1) is 16.7. The number of benzene rings is 3. The molecule has 0 spiro atoms. The Hall–Kier alpha value is -3.88. The Labute approximate surface area is 199 Å². The normalized spacial score (nSPS) is 13.8. The highest BCUT2D eigenvalue weighted by Crippen LogP contribution is 2.36. The molecule has 5 nitrogen and oxygen atoms in total. The summed E-state index contributed by atoms with van der Waals surface area (Å²) in [5, 5.41) is 11.7. The lowest BCUT2D eigenvalue weighted by Crippen LogP contribution is -2.34. The third-order valence-electron chi connectivity index (χ3n) is 6.92. The molecule has 0 fully saturated rings. The van der Waals surface area contributed by atoms with Crippen LogP contribution in [0.25, 0.3) is 21.9 Å². The van der Waals surface area contributed by atoms with E-state index < -0.39 is 6.04 Å². The van der Waals surface area contributed by atoms with Crippen molar-refractivity contribution in [3.63, 3.8) is 0 Å². The Bertz CT molecular complexity index is 1470. The summed E-state index contributed by atoms with van der Waals surface area (Å²) in [6, 6.07) is 23.4. The number of nitriles is 1. The van der Waals surface area contributed by atoms with Crippen molar-refractivity contribution in [1.29, 1.82) is 5.26 Å². The van der Waals surface area contributed by atoms with Gasteiger partial charge in [-0.05, 0) is 66.1 Å². The second kappa shape index (κ2) is 9.17. The number of hydrogen-bond acceptors (Lipinski definition) is 4. The topological polar surface area (TPSA) is 81.0 Å². The van der Waals surface area contributed by atoms with Gasteiger partial charge in [0.2, 0.25) is 0 Å². The number of fused-ring (bicyclic) bond motifs is 2. The van der Waals surface area contributed by atoms with Crippen LogP contribution in [0.4, 0.5) is 0 Å². The van der Waals surface area contributed by atoms with E-state index in [1.165, 1.54) is 17.5 Å². The predicted molar refractivity (Wildman–Crippen MR) is 135 cm³/mol. The lowest BCUT2D eigenvalue weighted by molar-refractivity contribution is 0.415. The molecule has 1 aliphatic carbocycles. The largest absolute Gasteiger partial charge is 0.497 e. The van der Waals surface area contributed by atoms with Crippen LogP contribution in [0.15, 0.2) is 71.5 Å². The second-order valence-corrected chi connectivity index (χ2v) is 8.73. The van der Waals surface area contributed by atoms with Gasteiger partial charge in [0.25, 0.3) is 5.56 Å². The lowest BCUT2D eigenvalue weighted by Gasteiger charge is -2.28. The number of ether oxygens (including phenoxy) is 1. The van der Waals surface area contributed by atoms with Crippen LogP contribution >= 0.6 is 0 Å². The Morgan fingerprint density at radius 1 is 1.03 bits per heavy atom. The van der Waals surface area contributed by atoms with Crippen LogP contribution in [-0.2, 0) is 12.8 Å². The number of methoxy groups -OCH3 is 1. The van der Waals surface area contributed by atoms with Crippen molar-refractivity contribution in [2.45, 2.75) is 31.7 Å². The minimum absolute atomic E-state index is 0.210. The maximum atomic E-state index is 13.9. The first-order valence-electron chi connectivity index (χ1n) is 11.7. The van der Waals surface area contributed by atoms with E-state index >= 15 is 0 Å². The molecule has 170 valence electrons. The van der Waals surface area contributed by atoms with Crippen LogP contribution in [0.1, 0.15) is 41.3 Å². The first kappa shape index (κ1) is 21.9. The molecular formula is C29H27N3O2. The molecule has 0 radical (unpaired) electrons. The zero-order valence-electron chi connectivity index (χ0n) is 19.3. The zero-order valence-corrected chi connectivity index (χ0v) is 19.3. The molecule has 0 saturated carbocycles. The van der Waals surface area contributed by atoms with Crippen molar-refractivity contribution in [2.24, 2.45) is 5.73 Å². The summed E-state index contributed by atoms with van der Waals surface area (Å²) in [4.78, 5) is 13.9. The Morgan fingerprint density at radius 2 is 1.82 bits per heavy atom. The van der Waals surface area contributed by atoms with Crippen molar-refractivity contribution < 1.29 is 4.74 Å². The molecule has 2 N–H and O–H groups in total. The molecular weight excluding hydrogens is 422 g/mol. The quantitative estimate of drug-likeness (QED) is 0.466. The SMILES string of the molecule is COc1ccc2c(=O)n(C(CN)c3cccc4c3CCCC4)c(C#N)c(-c3ccccc3)c2c1. The third-order valence-corrected chi connectivity index (χ3v) is 6.92. The molecule has 0 saturated heterocycles. The zero-order chi connectivity index (χ0) is 23.7. The van der Waals surface area contributed by atoms with Crippen LogP contribution in [0.3, 0.4) is 0 Å². The average molecular weight is 450 g/mol. The van der Waals surface area contributed by atoms with Gasteiger partial charge in [-0.25, -0.2) is 0 Å². The summed E-state index contributed by atoms with van der Waals surface area (Å²) in [6.45, 7) is 0.223. The number of pyridine rings is 1. The van der Waals surface area contributed by atoms with Gasteiger partial charge in [-0.1, -0.05) is 48.5 Å². The smallest absolute Gasteiger partial charge is 0.260 e. The van der Waals surface area contributed by atoms with Gasteiger partial charge in [-0.15, -0.1) is 0 Å². The van der Waals surface area contributed by atoms with Crippen molar-refractivity contribution in [1.82, 2.24) is 4.57 Å². The minimum atomic E-state index is -0.427. The molecule has 5 heteroatoms. The summed E-state index contributed by atoms with van der Waals surface area (Å²) in [5.74, 6) is 0.637. The standard InChI is InChI=1S/C29H27N3O2/c1-34-21-14-15-24-25(16-21)28(20-9-3-2-4-10-20)27(18-31)32(29(24)33)26(17-30)23-13-7-11-19-8-5-6-12-22(19)23/h2-4,7,9-11,13-16,26H,5-6,8,12,17,30H2,1H3. The van der Waals surface area contributed by atoms with E-state index in [0.717, 1.165) is 36.0 Å². The number of aromatic nitrogens is 1. The van der Waals surface area contributed by atoms with Gasteiger partial charge in [0.1, 0.15) is 17.5 Å². The third kappa shape index (κ3) is 3.57.